The van der Waals surface area contributed by atoms with Crippen LogP contribution in [0.4, 0.5) is 5.95 Å². The van der Waals surface area contributed by atoms with E-state index in [1.807, 2.05) is 54.7 Å². The van der Waals surface area contributed by atoms with Gasteiger partial charge in [-0.1, -0.05) is 30.3 Å². The third-order valence-corrected chi connectivity index (χ3v) is 4.42. The fourth-order valence-electron chi connectivity index (χ4n) is 3.19. The largest absolute Gasteiger partial charge is 0.361 e. The van der Waals surface area contributed by atoms with Gasteiger partial charge in [0.1, 0.15) is 6.04 Å². The number of para-hydroxylation sites is 3. The zero-order chi connectivity index (χ0) is 18.8. The summed E-state index contributed by atoms with van der Waals surface area (Å²) in [6, 6.07) is 14.7. The van der Waals surface area contributed by atoms with Crippen molar-refractivity contribution in [1.82, 2.24) is 20.3 Å². The van der Waals surface area contributed by atoms with Crippen molar-refractivity contribution >= 4 is 39.7 Å². The fourth-order valence-corrected chi connectivity index (χ4v) is 3.19. The van der Waals surface area contributed by atoms with E-state index in [0.29, 0.717) is 12.4 Å². The Bertz CT molecular complexity index is 1090. The summed E-state index contributed by atoms with van der Waals surface area (Å²) in [5, 5.41) is 6.53. The topological polar surface area (TPSA) is 103 Å². The highest BCUT2D eigenvalue weighted by molar-refractivity contribution is 5.97. The van der Waals surface area contributed by atoms with E-state index in [2.05, 4.69) is 25.6 Å². The van der Waals surface area contributed by atoms with Crippen LogP contribution in [0.3, 0.4) is 0 Å². The second-order valence-electron chi connectivity index (χ2n) is 6.41. The van der Waals surface area contributed by atoms with Crippen LogP contribution in [-0.4, -0.2) is 32.8 Å². The monoisotopic (exact) mass is 361 g/mol. The second kappa shape index (κ2) is 6.95. The van der Waals surface area contributed by atoms with Gasteiger partial charge < -0.3 is 15.3 Å². The molecule has 0 unspecified atom stereocenters. The fraction of sp³-hybridized carbons (Fsp3) is 0.150. The number of carbonyl (C=O) groups is 2. The number of hydrogen-bond donors (Lipinski definition) is 4. The zero-order valence-electron chi connectivity index (χ0n) is 14.7. The van der Waals surface area contributed by atoms with Crippen LogP contribution < -0.4 is 10.6 Å². The Morgan fingerprint density at radius 3 is 2.59 bits per heavy atom. The minimum Gasteiger partial charge on any atom is -0.361 e. The molecule has 0 saturated carbocycles. The first-order valence-corrected chi connectivity index (χ1v) is 8.68. The maximum atomic E-state index is 12.8. The normalized spacial score (nSPS) is 12.2. The van der Waals surface area contributed by atoms with E-state index < -0.39 is 6.04 Å². The lowest BCUT2D eigenvalue weighted by Gasteiger charge is -2.16. The lowest BCUT2D eigenvalue weighted by atomic mass is 10.0. The molecule has 2 amide bonds. The number of aromatic amines is 2. The molecular weight excluding hydrogens is 342 g/mol. The van der Waals surface area contributed by atoms with Crippen LogP contribution in [0.25, 0.3) is 21.9 Å². The van der Waals surface area contributed by atoms with E-state index in [4.69, 9.17) is 0 Å². The van der Waals surface area contributed by atoms with E-state index >= 15 is 0 Å². The number of hydrogen-bond acceptors (Lipinski definition) is 3. The van der Waals surface area contributed by atoms with Crippen LogP contribution in [0.15, 0.2) is 54.7 Å². The van der Waals surface area contributed by atoms with E-state index in [0.717, 1.165) is 27.5 Å². The van der Waals surface area contributed by atoms with Crippen LogP contribution in [0, 0.1) is 0 Å². The number of H-pyrrole nitrogens is 2. The average molecular weight is 361 g/mol. The summed E-state index contributed by atoms with van der Waals surface area (Å²) in [5.41, 5.74) is 3.55. The van der Waals surface area contributed by atoms with Gasteiger partial charge in [-0.15, -0.1) is 0 Å². The summed E-state index contributed by atoms with van der Waals surface area (Å²) in [7, 11) is 0. The molecule has 4 rings (SSSR count). The molecule has 2 aromatic heterocycles. The van der Waals surface area contributed by atoms with Crippen LogP contribution in [0.2, 0.25) is 0 Å². The summed E-state index contributed by atoms with van der Waals surface area (Å²) >= 11 is 0. The van der Waals surface area contributed by atoms with Gasteiger partial charge in [0.05, 0.1) is 11.0 Å². The molecule has 7 heteroatoms. The van der Waals surface area contributed by atoms with E-state index in [9.17, 15) is 9.59 Å². The van der Waals surface area contributed by atoms with Crippen LogP contribution in [0.1, 0.15) is 12.5 Å². The lowest BCUT2D eigenvalue weighted by Crippen LogP contribution is -2.44. The van der Waals surface area contributed by atoms with Gasteiger partial charge in [0.25, 0.3) is 0 Å². The molecule has 7 nitrogen and oxygen atoms in total. The number of rotatable bonds is 5. The number of amides is 2. The molecule has 4 N–H and O–H groups in total. The van der Waals surface area contributed by atoms with Gasteiger partial charge in [-0.3, -0.25) is 14.9 Å². The Kier molecular flexibility index (Phi) is 4.33. The highest BCUT2D eigenvalue weighted by Gasteiger charge is 2.22. The zero-order valence-corrected chi connectivity index (χ0v) is 14.7. The number of nitrogens with zero attached hydrogens (tertiary/aromatic N) is 1. The highest BCUT2D eigenvalue weighted by atomic mass is 16.2. The Hall–Kier alpha value is -3.61. The van der Waals surface area contributed by atoms with Crippen molar-refractivity contribution in [2.24, 2.45) is 0 Å². The standard InChI is InChI=1S/C20H19N5O2/c1-12(26)22-18(10-13-11-21-15-7-3-2-6-14(13)15)19(27)25-20-23-16-8-4-5-9-17(16)24-20/h2-9,11,18,21H,10H2,1H3,(H,22,26)(H2,23,24,25,27)/t18-/m1/s1. The number of imidazole rings is 1. The van der Waals surface area contributed by atoms with Crippen LogP contribution in [-0.2, 0) is 16.0 Å². The average Bonchev–Trinajstić information content (AvgIpc) is 3.24. The number of carbonyl (C=O) groups excluding carboxylic acids is 2. The molecule has 0 fully saturated rings. The lowest BCUT2D eigenvalue weighted by molar-refractivity contribution is -0.125. The van der Waals surface area contributed by atoms with Crippen molar-refractivity contribution in [3.8, 4) is 0 Å². The van der Waals surface area contributed by atoms with Crippen molar-refractivity contribution in [3.05, 3.63) is 60.3 Å². The first-order chi connectivity index (χ1) is 13.1. The first kappa shape index (κ1) is 16.8. The third kappa shape index (κ3) is 3.52. The number of nitrogens with one attached hydrogen (secondary N) is 4. The Balaban J connectivity index is 1.57. The molecule has 2 aromatic carbocycles. The van der Waals surface area contributed by atoms with Crippen LogP contribution >= 0.6 is 0 Å². The quantitative estimate of drug-likeness (QED) is 0.439. The van der Waals surface area contributed by atoms with Crippen molar-refractivity contribution in [3.63, 3.8) is 0 Å². The first-order valence-electron chi connectivity index (χ1n) is 8.68. The predicted molar refractivity (Wildman–Crippen MR) is 104 cm³/mol. The minimum atomic E-state index is -0.713. The maximum Gasteiger partial charge on any atom is 0.249 e. The minimum absolute atomic E-state index is 0.264. The molecule has 0 spiro atoms. The third-order valence-electron chi connectivity index (χ3n) is 4.42. The SMILES string of the molecule is CC(=O)N[C@H](Cc1c[nH]c2ccccc12)C(=O)Nc1nc2ccccc2[nH]1. The smallest absolute Gasteiger partial charge is 0.249 e. The van der Waals surface area contributed by atoms with E-state index in [1.54, 1.807) is 0 Å². The summed E-state index contributed by atoms with van der Waals surface area (Å²) in [5.74, 6) is -0.232. The number of anilines is 1. The molecule has 27 heavy (non-hydrogen) atoms. The maximum absolute atomic E-state index is 12.8. The van der Waals surface area contributed by atoms with Gasteiger partial charge in [0.2, 0.25) is 17.8 Å². The molecule has 0 aliphatic heterocycles. The molecule has 0 radical (unpaired) electrons. The number of fused-ring (bicyclic) bond motifs is 2. The summed E-state index contributed by atoms with van der Waals surface area (Å²) < 4.78 is 0. The van der Waals surface area contributed by atoms with E-state index in [-0.39, 0.29) is 11.8 Å². The molecule has 0 saturated heterocycles. The van der Waals surface area contributed by atoms with Gasteiger partial charge in [-0.25, -0.2) is 4.98 Å². The molecule has 136 valence electrons. The van der Waals surface area contributed by atoms with Gasteiger partial charge in [0, 0.05) is 30.4 Å². The predicted octanol–water partition coefficient (Wildman–Crippen LogP) is 2.73. The number of aromatic nitrogens is 3. The summed E-state index contributed by atoms with van der Waals surface area (Å²) in [4.78, 5) is 35.0. The Morgan fingerprint density at radius 1 is 1.07 bits per heavy atom. The highest BCUT2D eigenvalue weighted by Crippen LogP contribution is 2.20. The number of benzene rings is 2. The summed E-state index contributed by atoms with van der Waals surface area (Å²) in [6.45, 7) is 1.40. The van der Waals surface area contributed by atoms with Gasteiger partial charge >= 0.3 is 0 Å². The van der Waals surface area contributed by atoms with Crippen molar-refractivity contribution in [2.75, 3.05) is 5.32 Å². The molecule has 2 heterocycles. The van der Waals surface area contributed by atoms with Gasteiger partial charge in [0.15, 0.2) is 0 Å². The van der Waals surface area contributed by atoms with Crippen LogP contribution in [0.5, 0.6) is 0 Å². The van der Waals surface area contributed by atoms with Gasteiger partial charge in [-0.05, 0) is 23.8 Å². The van der Waals surface area contributed by atoms with Gasteiger partial charge in [-0.2, -0.15) is 0 Å². The Labute approximate surface area is 155 Å². The molecule has 4 aromatic rings. The van der Waals surface area contributed by atoms with Crippen molar-refractivity contribution in [1.29, 1.82) is 0 Å². The van der Waals surface area contributed by atoms with Crippen molar-refractivity contribution < 1.29 is 9.59 Å². The Morgan fingerprint density at radius 2 is 1.81 bits per heavy atom. The second-order valence-corrected chi connectivity index (χ2v) is 6.41. The molecule has 1 atom stereocenters. The van der Waals surface area contributed by atoms with Crippen molar-refractivity contribution in [2.45, 2.75) is 19.4 Å². The molecular formula is C20H19N5O2. The molecule has 0 bridgehead atoms. The molecule has 0 aliphatic carbocycles. The summed E-state index contributed by atoms with van der Waals surface area (Å²) in [6.07, 6.45) is 2.24. The van der Waals surface area contributed by atoms with E-state index in [1.165, 1.54) is 6.92 Å². The molecule has 0 aliphatic rings.